The zero-order valence-corrected chi connectivity index (χ0v) is 11.0. The average molecular weight is 238 g/mol. The second kappa shape index (κ2) is 6.30. The van der Waals surface area contributed by atoms with E-state index in [0.29, 0.717) is 24.2 Å². The van der Waals surface area contributed by atoms with Crippen LogP contribution in [0.5, 0.6) is 5.88 Å². The minimum Gasteiger partial charge on any atom is -0.476 e. The molecule has 1 rings (SSSR count). The normalized spacial score (nSPS) is 12.5. The van der Waals surface area contributed by atoms with Crippen molar-refractivity contribution in [1.29, 1.82) is 0 Å². The largest absolute Gasteiger partial charge is 0.476 e. The molecule has 0 fully saturated rings. The van der Waals surface area contributed by atoms with E-state index in [0.717, 1.165) is 12.4 Å². The highest BCUT2D eigenvalue weighted by atomic mass is 16.5. The predicted molar refractivity (Wildman–Crippen MR) is 71.5 cm³/mol. The Morgan fingerprint density at radius 1 is 1.47 bits per heavy atom. The third kappa shape index (κ3) is 4.48. The van der Waals surface area contributed by atoms with E-state index in [-0.39, 0.29) is 0 Å². The topological polar surface area (TPSA) is 63.4 Å². The molecule has 0 amide bonds. The first-order valence-electron chi connectivity index (χ1n) is 5.83. The Morgan fingerprint density at radius 3 is 2.76 bits per heavy atom. The van der Waals surface area contributed by atoms with Gasteiger partial charge < -0.3 is 20.7 Å². The van der Waals surface area contributed by atoms with Gasteiger partial charge in [0, 0.05) is 12.6 Å². The van der Waals surface area contributed by atoms with E-state index >= 15 is 0 Å². The Hall–Kier alpha value is -1.49. The van der Waals surface area contributed by atoms with Crippen LogP contribution in [0.1, 0.15) is 13.8 Å². The predicted octanol–water partition coefficient (Wildman–Crippen LogP) is 1.42. The van der Waals surface area contributed by atoms with E-state index in [1.165, 1.54) is 0 Å². The van der Waals surface area contributed by atoms with Gasteiger partial charge in [-0.2, -0.15) is 4.98 Å². The number of ether oxygens (including phenoxy) is 1. The lowest BCUT2D eigenvalue weighted by Gasteiger charge is -2.19. The van der Waals surface area contributed by atoms with Gasteiger partial charge in [0.15, 0.2) is 0 Å². The number of pyridine rings is 1. The first-order valence-corrected chi connectivity index (χ1v) is 5.83. The van der Waals surface area contributed by atoms with Crippen molar-refractivity contribution in [3.8, 4) is 5.88 Å². The van der Waals surface area contributed by atoms with Crippen molar-refractivity contribution in [2.45, 2.75) is 19.9 Å². The van der Waals surface area contributed by atoms with Crippen LogP contribution in [0, 0.1) is 0 Å². The van der Waals surface area contributed by atoms with Gasteiger partial charge in [-0.05, 0) is 40.1 Å². The van der Waals surface area contributed by atoms with Crippen LogP contribution in [0.25, 0.3) is 0 Å². The number of aromatic nitrogens is 1. The van der Waals surface area contributed by atoms with Gasteiger partial charge in [-0.3, -0.25) is 0 Å². The summed E-state index contributed by atoms with van der Waals surface area (Å²) in [5, 5.41) is 3.31. The summed E-state index contributed by atoms with van der Waals surface area (Å²) in [6, 6.07) is 3.99. The van der Waals surface area contributed by atoms with Gasteiger partial charge in [-0.25, -0.2) is 0 Å². The van der Waals surface area contributed by atoms with Crippen molar-refractivity contribution >= 4 is 11.5 Å². The third-order valence-corrected chi connectivity index (χ3v) is 2.20. The molecule has 0 aliphatic heterocycles. The van der Waals surface area contributed by atoms with Gasteiger partial charge in [-0.15, -0.1) is 0 Å². The van der Waals surface area contributed by atoms with E-state index in [9.17, 15) is 0 Å². The highest BCUT2D eigenvalue weighted by Gasteiger charge is 2.07. The Bertz CT molecular complexity index is 354. The van der Waals surface area contributed by atoms with E-state index in [1.54, 1.807) is 0 Å². The number of hydrogen-bond acceptors (Lipinski definition) is 5. The molecule has 1 aromatic heterocycles. The second-order valence-corrected chi connectivity index (χ2v) is 4.33. The van der Waals surface area contributed by atoms with Crippen LogP contribution >= 0.6 is 0 Å². The first kappa shape index (κ1) is 13.6. The maximum absolute atomic E-state index is 5.76. The quantitative estimate of drug-likeness (QED) is 0.785. The van der Waals surface area contributed by atoms with Crippen LogP contribution in [0.3, 0.4) is 0 Å². The number of nitrogen functional groups attached to an aromatic ring is 1. The number of nitrogens with two attached hydrogens (primary N) is 1. The van der Waals surface area contributed by atoms with Gasteiger partial charge >= 0.3 is 0 Å². The lowest BCUT2D eigenvalue weighted by atomic mass is 10.3. The molecular formula is C12H22N4O. The Morgan fingerprint density at radius 2 is 2.18 bits per heavy atom. The van der Waals surface area contributed by atoms with Crippen molar-refractivity contribution < 1.29 is 4.74 Å². The minimum atomic E-state index is 0.315. The smallest absolute Gasteiger partial charge is 0.239 e. The lowest BCUT2D eigenvalue weighted by Crippen LogP contribution is -2.29. The first-order chi connectivity index (χ1) is 8.02. The molecule has 0 saturated heterocycles. The van der Waals surface area contributed by atoms with Crippen LogP contribution in [0.4, 0.5) is 11.5 Å². The third-order valence-electron chi connectivity index (χ3n) is 2.20. The van der Waals surface area contributed by atoms with Crippen LogP contribution in [0.15, 0.2) is 12.1 Å². The number of nitrogens with zero attached hydrogens (tertiary/aromatic N) is 2. The molecule has 1 atom stereocenters. The molecule has 1 unspecified atom stereocenters. The zero-order valence-electron chi connectivity index (χ0n) is 11.0. The molecule has 1 heterocycles. The number of likely N-dealkylation sites (N-methyl/N-ethyl adjacent to an activating group) is 1. The van der Waals surface area contributed by atoms with Gasteiger partial charge in [0.25, 0.3) is 0 Å². The maximum Gasteiger partial charge on any atom is 0.239 e. The van der Waals surface area contributed by atoms with Gasteiger partial charge in [0.1, 0.15) is 5.82 Å². The summed E-state index contributed by atoms with van der Waals surface area (Å²) >= 11 is 0. The molecule has 0 bridgehead atoms. The summed E-state index contributed by atoms with van der Waals surface area (Å²) in [4.78, 5) is 6.46. The highest BCUT2D eigenvalue weighted by Crippen LogP contribution is 2.21. The summed E-state index contributed by atoms with van der Waals surface area (Å²) in [5.41, 5.74) is 6.33. The number of hydrogen-bond donors (Lipinski definition) is 2. The van der Waals surface area contributed by atoms with Gasteiger partial charge in [0.05, 0.1) is 12.3 Å². The van der Waals surface area contributed by atoms with Crippen LogP contribution < -0.4 is 15.8 Å². The van der Waals surface area contributed by atoms with E-state index in [1.807, 2.05) is 33.2 Å². The molecular weight excluding hydrogens is 216 g/mol. The molecule has 17 heavy (non-hydrogen) atoms. The number of rotatable bonds is 6. The van der Waals surface area contributed by atoms with Crippen LogP contribution in [0.2, 0.25) is 0 Å². The van der Waals surface area contributed by atoms with E-state index in [2.05, 4.69) is 22.1 Å². The fourth-order valence-corrected chi connectivity index (χ4v) is 1.63. The van der Waals surface area contributed by atoms with Gasteiger partial charge in [0.2, 0.25) is 5.88 Å². The molecule has 5 heteroatoms. The van der Waals surface area contributed by atoms with Crippen molar-refractivity contribution in [2.24, 2.45) is 0 Å². The second-order valence-electron chi connectivity index (χ2n) is 4.33. The minimum absolute atomic E-state index is 0.315. The van der Waals surface area contributed by atoms with Crippen LogP contribution in [-0.4, -0.2) is 43.2 Å². The monoisotopic (exact) mass is 238 g/mol. The molecule has 96 valence electrons. The molecule has 0 aliphatic carbocycles. The summed E-state index contributed by atoms with van der Waals surface area (Å²) in [6.07, 6.45) is 0. The lowest BCUT2D eigenvalue weighted by molar-refractivity contribution is 0.329. The van der Waals surface area contributed by atoms with Crippen molar-refractivity contribution in [2.75, 3.05) is 38.3 Å². The SMILES string of the molecule is CCOc1nc(NC(C)CN(C)C)ccc1N. The molecule has 0 aromatic carbocycles. The molecule has 3 N–H and O–H groups in total. The average Bonchev–Trinajstić information content (AvgIpc) is 2.22. The Balaban J connectivity index is 2.68. The molecule has 0 saturated carbocycles. The van der Waals surface area contributed by atoms with E-state index < -0.39 is 0 Å². The fraction of sp³-hybridized carbons (Fsp3) is 0.583. The molecule has 1 aromatic rings. The summed E-state index contributed by atoms with van der Waals surface area (Å²) in [7, 11) is 4.08. The molecule has 0 aliphatic rings. The maximum atomic E-state index is 5.76. The van der Waals surface area contributed by atoms with Crippen molar-refractivity contribution in [1.82, 2.24) is 9.88 Å². The summed E-state index contributed by atoms with van der Waals surface area (Å²) in [6.45, 7) is 5.53. The zero-order chi connectivity index (χ0) is 12.8. The Kier molecular flexibility index (Phi) is 5.03. The van der Waals surface area contributed by atoms with Crippen LogP contribution in [-0.2, 0) is 0 Å². The summed E-state index contributed by atoms with van der Waals surface area (Å²) < 4.78 is 5.35. The highest BCUT2D eigenvalue weighted by molar-refractivity contribution is 5.53. The van der Waals surface area contributed by atoms with Crippen molar-refractivity contribution in [3.05, 3.63) is 12.1 Å². The number of nitrogens with one attached hydrogen (secondary N) is 1. The fourth-order valence-electron chi connectivity index (χ4n) is 1.63. The summed E-state index contributed by atoms with van der Waals surface area (Å²) in [5.74, 6) is 1.28. The van der Waals surface area contributed by atoms with E-state index in [4.69, 9.17) is 10.5 Å². The van der Waals surface area contributed by atoms with Crippen molar-refractivity contribution in [3.63, 3.8) is 0 Å². The molecule has 0 spiro atoms. The molecule has 5 nitrogen and oxygen atoms in total. The molecule has 0 radical (unpaired) electrons. The number of anilines is 2. The van der Waals surface area contributed by atoms with Gasteiger partial charge in [-0.1, -0.05) is 0 Å². The standard InChI is InChI=1S/C12H22N4O/c1-5-17-12-10(13)6-7-11(15-12)14-9(2)8-16(3)4/h6-7,9H,5,8,13H2,1-4H3,(H,14,15). The Labute approximate surface area is 103 Å².